The van der Waals surface area contributed by atoms with E-state index in [1.54, 1.807) is 11.0 Å². The molecule has 1 aromatic heterocycles. The van der Waals surface area contributed by atoms with Crippen molar-refractivity contribution >= 4 is 6.03 Å². The van der Waals surface area contributed by atoms with Crippen LogP contribution >= 0.6 is 0 Å². The average Bonchev–Trinajstić information content (AvgIpc) is 3.07. The zero-order valence-corrected chi connectivity index (χ0v) is 12.3. The third-order valence-electron chi connectivity index (χ3n) is 3.64. The van der Waals surface area contributed by atoms with E-state index in [4.69, 9.17) is 9.26 Å². The molecule has 2 amide bonds. The maximum absolute atomic E-state index is 12.2. The summed E-state index contributed by atoms with van der Waals surface area (Å²) in [7, 11) is 0. The Morgan fingerprint density at radius 1 is 1.32 bits per heavy atom. The lowest BCUT2D eigenvalue weighted by Crippen LogP contribution is -2.50. The van der Waals surface area contributed by atoms with Gasteiger partial charge in [-0.1, -0.05) is 35.5 Å². The summed E-state index contributed by atoms with van der Waals surface area (Å²) in [6, 6.07) is 11.8. The van der Waals surface area contributed by atoms with E-state index in [-0.39, 0.29) is 12.1 Å². The van der Waals surface area contributed by atoms with Crippen LogP contribution in [0.5, 0.6) is 0 Å². The number of aromatic nitrogens is 1. The van der Waals surface area contributed by atoms with Crippen molar-refractivity contribution in [1.29, 1.82) is 0 Å². The van der Waals surface area contributed by atoms with E-state index in [1.807, 2.05) is 18.2 Å². The third kappa shape index (κ3) is 3.85. The van der Waals surface area contributed by atoms with Gasteiger partial charge in [-0.05, 0) is 5.56 Å². The van der Waals surface area contributed by atoms with Crippen molar-refractivity contribution in [2.75, 3.05) is 19.7 Å². The number of hydrogen-bond acceptors (Lipinski definition) is 4. The molecule has 116 valence electrons. The van der Waals surface area contributed by atoms with Crippen molar-refractivity contribution in [1.82, 2.24) is 15.4 Å². The molecular weight excluding hydrogens is 282 g/mol. The Bertz CT molecular complexity index is 586. The van der Waals surface area contributed by atoms with E-state index in [1.165, 1.54) is 11.8 Å². The van der Waals surface area contributed by atoms with Crippen molar-refractivity contribution in [2.45, 2.75) is 19.1 Å². The van der Waals surface area contributed by atoms with Crippen LogP contribution in [-0.2, 0) is 17.7 Å². The van der Waals surface area contributed by atoms with Gasteiger partial charge in [-0.25, -0.2) is 4.79 Å². The summed E-state index contributed by atoms with van der Waals surface area (Å²) in [5, 5.41) is 6.62. The number of hydrogen-bond donors (Lipinski definition) is 1. The Morgan fingerprint density at radius 3 is 2.95 bits per heavy atom. The molecule has 0 aliphatic carbocycles. The first-order chi connectivity index (χ1) is 10.8. The first-order valence-corrected chi connectivity index (χ1v) is 7.39. The number of nitrogens with zero attached hydrogens (tertiary/aromatic N) is 2. The Labute approximate surface area is 129 Å². The fraction of sp³-hybridized carbons (Fsp3) is 0.375. The molecule has 1 aliphatic heterocycles. The number of nitrogens with one attached hydrogen (secondary N) is 1. The van der Waals surface area contributed by atoms with Crippen molar-refractivity contribution in [3.8, 4) is 0 Å². The van der Waals surface area contributed by atoms with Crippen LogP contribution in [-0.4, -0.2) is 41.9 Å². The minimum atomic E-state index is -0.0932. The standard InChI is InChI=1S/C16H19N3O3/c20-16(17-11-14-6-8-22-18-14)19-7-9-21-15(12-19)10-13-4-2-1-3-5-13/h1-6,8,15H,7,9-12H2,(H,17,20)/t15-/m1/s1. The summed E-state index contributed by atoms with van der Waals surface area (Å²) in [5.41, 5.74) is 1.93. The summed E-state index contributed by atoms with van der Waals surface area (Å²) in [4.78, 5) is 14.0. The van der Waals surface area contributed by atoms with Crippen LogP contribution < -0.4 is 5.32 Å². The lowest BCUT2D eigenvalue weighted by Gasteiger charge is -2.33. The minimum Gasteiger partial charge on any atom is -0.374 e. The molecule has 2 heterocycles. The summed E-state index contributed by atoms with van der Waals surface area (Å²) in [5.74, 6) is 0. The van der Waals surface area contributed by atoms with Crippen LogP contribution in [0.2, 0.25) is 0 Å². The van der Waals surface area contributed by atoms with Gasteiger partial charge in [-0.3, -0.25) is 0 Å². The molecule has 1 atom stereocenters. The van der Waals surface area contributed by atoms with Crippen molar-refractivity contribution < 1.29 is 14.1 Å². The van der Waals surface area contributed by atoms with E-state index in [2.05, 4.69) is 22.6 Å². The highest BCUT2D eigenvalue weighted by atomic mass is 16.5. The number of benzene rings is 1. The number of carbonyl (C=O) groups is 1. The number of amides is 2. The van der Waals surface area contributed by atoms with Gasteiger partial charge in [-0.2, -0.15) is 0 Å². The van der Waals surface area contributed by atoms with E-state index in [0.29, 0.717) is 31.9 Å². The maximum atomic E-state index is 12.2. The molecule has 1 saturated heterocycles. The fourth-order valence-corrected chi connectivity index (χ4v) is 2.51. The maximum Gasteiger partial charge on any atom is 0.317 e. The molecular formula is C16H19N3O3. The fourth-order valence-electron chi connectivity index (χ4n) is 2.51. The summed E-state index contributed by atoms with van der Waals surface area (Å²) in [6.07, 6.45) is 2.34. The van der Waals surface area contributed by atoms with Crippen molar-refractivity contribution in [2.24, 2.45) is 0 Å². The zero-order chi connectivity index (χ0) is 15.2. The molecule has 6 nitrogen and oxygen atoms in total. The number of urea groups is 1. The highest BCUT2D eigenvalue weighted by molar-refractivity contribution is 5.74. The number of morpholine rings is 1. The van der Waals surface area contributed by atoms with E-state index >= 15 is 0 Å². The second-order valence-corrected chi connectivity index (χ2v) is 5.28. The normalized spacial score (nSPS) is 18.2. The summed E-state index contributed by atoms with van der Waals surface area (Å²) >= 11 is 0. The summed E-state index contributed by atoms with van der Waals surface area (Å²) in [6.45, 7) is 2.14. The Balaban J connectivity index is 1.50. The molecule has 1 aliphatic rings. The number of rotatable bonds is 4. The Hall–Kier alpha value is -2.34. The zero-order valence-electron chi connectivity index (χ0n) is 12.3. The predicted molar refractivity (Wildman–Crippen MR) is 80.2 cm³/mol. The van der Waals surface area contributed by atoms with Crippen LogP contribution in [0.3, 0.4) is 0 Å². The topological polar surface area (TPSA) is 67.6 Å². The minimum absolute atomic E-state index is 0.0361. The molecule has 1 N–H and O–H groups in total. The highest BCUT2D eigenvalue weighted by Gasteiger charge is 2.24. The van der Waals surface area contributed by atoms with E-state index in [9.17, 15) is 4.79 Å². The molecule has 0 spiro atoms. The van der Waals surface area contributed by atoms with Crippen molar-refractivity contribution in [3.63, 3.8) is 0 Å². The monoisotopic (exact) mass is 301 g/mol. The lowest BCUT2D eigenvalue weighted by molar-refractivity contribution is -0.0133. The first-order valence-electron chi connectivity index (χ1n) is 7.39. The van der Waals surface area contributed by atoms with Gasteiger partial charge in [0.2, 0.25) is 0 Å². The van der Waals surface area contributed by atoms with Crippen LogP contribution in [0, 0.1) is 0 Å². The molecule has 6 heteroatoms. The SMILES string of the molecule is O=C(NCc1ccon1)N1CCO[C@H](Cc2ccccc2)C1. The van der Waals surface area contributed by atoms with E-state index in [0.717, 1.165) is 6.42 Å². The first kappa shape index (κ1) is 14.6. The Morgan fingerprint density at radius 2 is 2.18 bits per heavy atom. The van der Waals surface area contributed by atoms with Gasteiger partial charge in [-0.15, -0.1) is 0 Å². The summed E-state index contributed by atoms with van der Waals surface area (Å²) < 4.78 is 10.5. The average molecular weight is 301 g/mol. The molecule has 1 aromatic carbocycles. The van der Waals surface area contributed by atoms with Gasteiger partial charge in [0, 0.05) is 25.6 Å². The van der Waals surface area contributed by atoms with Crippen LogP contribution in [0.4, 0.5) is 4.79 Å². The molecule has 22 heavy (non-hydrogen) atoms. The predicted octanol–water partition coefficient (Wildman–Crippen LogP) is 1.83. The van der Waals surface area contributed by atoms with Gasteiger partial charge in [0.1, 0.15) is 12.0 Å². The molecule has 0 unspecified atom stereocenters. The van der Waals surface area contributed by atoms with Crippen LogP contribution in [0.1, 0.15) is 11.3 Å². The second-order valence-electron chi connectivity index (χ2n) is 5.28. The molecule has 0 saturated carbocycles. The van der Waals surface area contributed by atoms with Gasteiger partial charge in [0.25, 0.3) is 0 Å². The number of ether oxygens (including phenoxy) is 1. The van der Waals surface area contributed by atoms with E-state index < -0.39 is 0 Å². The molecule has 0 bridgehead atoms. The molecule has 1 fully saturated rings. The van der Waals surface area contributed by atoms with Gasteiger partial charge in [0.15, 0.2) is 0 Å². The molecule has 0 radical (unpaired) electrons. The molecule has 3 rings (SSSR count). The van der Waals surface area contributed by atoms with Crippen LogP contribution in [0.25, 0.3) is 0 Å². The second kappa shape index (κ2) is 7.09. The molecule has 2 aromatic rings. The quantitative estimate of drug-likeness (QED) is 0.935. The van der Waals surface area contributed by atoms with Gasteiger partial charge in [0.05, 0.1) is 19.3 Å². The van der Waals surface area contributed by atoms with Gasteiger partial charge >= 0.3 is 6.03 Å². The van der Waals surface area contributed by atoms with Crippen LogP contribution in [0.15, 0.2) is 47.2 Å². The lowest BCUT2D eigenvalue weighted by atomic mass is 10.1. The largest absolute Gasteiger partial charge is 0.374 e. The smallest absolute Gasteiger partial charge is 0.317 e. The van der Waals surface area contributed by atoms with Crippen molar-refractivity contribution in [3.05, 3.63) is 53.9 Å². The number of carbonyl (C=O) groups excluding carboxylic acids is 1. The Kier molecular flexibility index (Phi) is 4.70. The third-order valence-corrected chi connectivity index (χ3v) is 3.64. The van der Waals surface area contributed by atoms with Gasteiger partial charge < -0.3 is 19.5 Å². The highest BCUT2D eigenvalue weighted by Crippen LogP contribution is 2.12.